The van der Waals surface area contributed by atoms with Crippen molar-refractivity contribution in [3.8, 4) is 28.1 Å². The van der Waals surface area contributed by atoms with E-state index in [0.717, 1.165) is 64.7 Å². The van der Waals surface area contributed by atoms with Crippen LogP contribution in [-0.2, 0) is 11.3 Å². The van der Waals surface area contributed by atoms with Crippen LogP contribution in [0.25, 0.3) is 28.0 Å². The van der Waals surface area contributed by atoms with Gasteiger partial charge in [-0.25, -0.2) is 9.50 Å². The van der Waals surface area contributed by atoms with Gasteiger partial charge in [-0.05, 0) is 43.5 Å². The summed E-state index contributed by atoms with van der Waals surface area (Å²) in [4.78, 5) is 7.34. The van der Waals surface area contributed by atoms with E-state index in [-0.39, 0.29) is 12.6 Å². The highest BCUT2D eigenvalue weighted by molar-refractivity contribution is 5.83. The van der Waals surface area contributed by atoms with E-state index in [1.54, 1.807) is 14.2 Å². The number of methoxy groups -OCH3 is 2. The monoisotopic (exact) mass is 458 g/mol. The standard InChI is InChI=1S/C27H30N4O3/c1-18-6-4-7-20(14-18)24-15-25(30-13-5-8-21(30)16-32)28-27-26(23(17-33-2)29-31(24)27)19-9-11-22(34-3)12-10-19/h4,6-7,9-12,14-15,21,32H,5,8,13,16-17H2,1-3H3/t21-/m0/s1. The number of fused-ring (bicyclic) bond motifs is 1. The fourth-order valence-electron chi connectivity index (χ4n) is 4.82. The number of benzene rings is 2. The molecule has 176 valence electrons. The summed E-state index contributed by atoms with van der Waals surface area (Å²) in [6, 6.07) is 18.5. The largest absolute Gasteiger partial charge is 0.497 e. The highest BCUT2D eigenvalue weighted by Gasteiger charge is 2.28. The van der Waals surface area contributed by atoms with Gasteiger partial charge in [0.05, 0.1) is 43.3 Å². The molecule has 0 spiro atoms. The number of aryl methyl sites for hydroxylation is 1. The van der Waals surface area contributed by atoms with E-state index in [1.165, 1.54) is 5.56 Å². The molecule has 0 saturated carbocycles. The Hall–Kier alpha value is -3.42. The second kappa shape index (κ2) is 9.44. The molecule has 0 unspecified atom stereocenters. The molecule has 0 bridgehead atoms. The maximum atomic E-state index is 9.97. The van der Waals surface area contributed by atoms with Gasteiger partial charge < -0.3 is 19.5 Å². The molecule has 34 heavy (non-hydrogen) atoms. The van der Waals surface area contributed by atoms with Crippen LogP contribution in [0.15, 0.2) is 54.6 Å². The fraction of sp³-hybridized carbons (Fsp3) is 0.333. The van der Waals surface area contributed by atoms with Crippen LogP contribution in [0.3, 0.4) is 0 Å². The molecule has 3 heterocycles. The van der Waals surface area contributed by atoms with Crippen molar-refractivity contribution in [3.05, 3.63) is 65.9 Å². The van der Waals surface area contributed by atoms with Gasteiger partial charge in [0, 0.05) is 25.3 Å². The Kier molecular flexibility index (Phi) is 6.22. The summed E-state index contributed by atoms with van der Waals surface area (Å²) in [5.74, 6) is 1.66. The van der Waals surface area contributed by atoms with E-state index in [0.29, 0.717) is 6.61 Å². The van der Waals surface area contributed by atoms with E-state index in [1.807, 2.05) is 28.8 Å². The summed E-state index contributed by atoms with van der Waals surface area (Å²) in [6.07, 6.45) is 2.00. The lowest BCUT2D eigenvalue weighted by atomic mass is 10.1. The van der Waals surface area contributed by atoms with Gasteiger partial charge in [-0.1, -0.05) is 35.9 Å². The summed E-state index contributed by atoms with van der Waals surface area (Å²) in [5, 5.41) is 14.9. The molecular formula is C27H30N4O3. The first-order valence-corrected chi connectivity index (χ1v) is 11.6. The molecule has 1 aliphatic rings. The van der Waals surface area contributed by atoms with Crippen LogP contribution >= 0.6 is 0 Å². The van der Waals surface area contributed by atoms with Crippen LogP contribution in [0.5, 0.6) is 5.75 Å². The van der Waals surface area contributed by atoms with Crippen molar-refractivity contribution >= 4 is 11.5 Å². The van der Waals surface area contributed by atoms with Gasteiger partial charge >= 0.3 is 0 Å². The van der Waals surface area contributed by atoms with E-state index in [2.05, 4.69) is 42.2 Å². The van der Waals surface area contributed by atoms with E-state index in [9.17, 15) is 5.11 Å². The predicted molar refractivity (Wildman–Crippen MR) is 133 cm³/mol. The quantitative estimate of drug-likeness (QED) is 0.440. The maximum absolute atomic E-state index is 9.97. The Morgan fingerprint density at radius 1 is 1.06 bits per heavy atom. The fourth-order valence-corrected chi connectivity index (χ4v) is 4.82. The van der Waals surface area contributed by atoms with Crippen molar-refractivity contribution in [3.63, 3.8) is 0 Å². The molecule has 1 atom stereocenters. The number of aliphatic hydroxyl groups excluding tert-OH is 1. The first-order chi connectivity index (χ1) is 16.6. The third-order valence-corrected chi connectivity index (χ3v) is 6.50. The zero-order valence-corrected chi connectivity index (χ0v) is 19.9. The number of aromatic nitrogens is 3. The number of hydrogen-bond acceptors (Lipinski definition) is 6. The molecular weight excluding hydrogens is 428 g/mol. The van der Waals surface area contributed by atoms with Crippen LogP contribution in [-0.4, -0.2) is 53.1 Å². The molecule has 0 amide bonds. The van der Waals surface area contributed by atoms with Crippen molar-refractivity contribution in [2.24, 2.45) is 0 Å². The summed E-state index contributed by atoms with van der Waals surface area (Å²) in [6.45, 7) is 3.45. The van der Waals surface area contributed by atoms with Crippen LogP contribution in [0.4, 0.5) is 5.82 Å². The molecule has 5 rings (SSSR count). The second-order valence-electron chi connectivity index (χ2n) is 8.76. The van der Waals surface area contributed by atoms with E-state index < -0.39 is 0 Å². The summed E-state index contributed by atoms with van der Waals surface area (Å²) in [5.41, 5.74) is 6.76. The lowest BCUT2D eigenvalue weighted by molar-refractivity contribution is 0.181. The van der Waals surface area contributed by atoms with Gasteiger partial charge in [-0.15, -0.1) is 0 Å². The number of anilines is 1. The van der Waals surface area contributed by atoms with Crippen LogP contribution in [0, 0.1) is 6.92 Å². The average molecular weight is 459 g/mol. The SMILES string of the molecule is COCc1nn2c(-c3cccc(C)c3)cc(N3CCC[C@H]3CO)nc2c1-c1ccc(OC)cc1. The summed E-state index contributed by atoms with van der Waals surface area (Å²) < 4.78 is 12.8. The molecule has 7 heteroatoms. The highest BCUT2D eigenvalue weighted by atomic mass is 16.5. The Balaban J connectivity index is 1.79. The Labute approximate surface area is 199 Å². The molecule has 1 aliphatic heterocycles. The molecule has 1 N–H and O–H groups in total. The number of ether oxygens (including phenoxy) is 2. The molecule has 1 saturated heterocycles. The van der Waals surface area contributed by atoms with Crippen LogP contribution in [0.2, 0.25) is 0 Å². The Morgan fingerprint density at radius 2 is 1.88 bits per heavy atom. The molecule has 1 fully saturated rings. The van der Waals surface area contributed by atoms with Gasteiger partial charge in [-0.3, -0.25) is 0 Å². The lowest BCUT2D eigenvalue weighted by Crippen LogP contribution is -2.32. The molecule has 0 radical (unpaired) electrons. The van der Waals surface area contributed by atoms with Gasteiger partial charge in [0.1, 0.15) is 11.6 Å². The number of hydrogen-bond donors (Lipinski definition) is 1. The van der Waals surface area contributed by atoms with Crippen molar-refractivity contribution < 1.29 is 14.6 Å². The first kappa shape index (κ1) is 22.4. The number of aliphatic hydroxyl groups is 1. The molecule has 2 aromatic carbocycles. The topological polar surface area (TPSA) is 72.1 Å². The Morgan fingerprint density at radius 3 is 2.59 bits per heavy atom. The average Bonchev–Trinajstić information content (AvgIpc) is 3.48. The zero-order valence-electron chi connectivity index (χ0n) is 19.9. The van der Waals surface area contributed by atoms with Crippen molar-refractivity contribution in [1.82, 2.24) is 14.6 Å². The predicted octanol–water partition coefficient (Wildman–Crippen LogP) is 4.49. The van der Waals surface area contributed by atoms with Gasteiger partial charge in [-0.2, -0.15) is 5.10 Å². The van der Waals surface area contributed by atoms with Crippen molar-refractivity contribution in [1.29, 1.82) is 0 Å². The summed E-state index contributed by atoms with van der Waals surface area (Å²) in [7, 11) is 3.34. The maximum Gasteiger partial charge on any atom is 0.166 e. The van der Waals surface area contributed by atoms with E-state index in [4.69, 9.17) is 19.6 Å². The lowest BCUT2D eigenvalue weighted by Gasteiger charge is -2.25. The van der Waals surface area contributed by atoms with Gasteiger partial charge in [0.15, 0.2) is 5.65 Å². The highest BCUT2D eigenvalue weighted by Crippen LogP contribution is 2.35. The third-order valence-electron chi connectivity index (χ3n) is 6.50. The molecule has 4 aromatic rings. The van der Waals surface area contributed by atoms with Crippen molar-refractivity contribution in [2.45, 2.75) is 32.4 Å². The Bertz CT molecular complexity index is 1300. The van der Waals surface area contributed by atoms with Crippen molar-refractivity contribution in [2.75, 3.05) is 32.3 Å². The zero-order chi connectivity index (χ0) is 23.7. The third kappa shape index (κ3) is 4.02. The van der Waals surface area contributed by atoms with E-state index >= 15 is 0 Å². The molecule has 2 aromatic heterocycles. The van der Waals surface area contributed by atoms with Gasteiger partial charge in [0.2, 0.25) is 0 Å². The minimum Gasteiger partial charge on any atom is -0.497 e. The number of rotatable bonds is 7. The van der Waals surface area contributed by atoms with Gasteiger partial charge in [0.25, 0.3) is 0 Å². The smallest absolute Gasteiger partial charge is 0.166 e. The second-order valence-corrected chi connectivity index (χ2v) is 8.76. The normalized spacial score (nSPS) is 15.9. The van der Waals surface area contributed by atoms with Crippen LogP contribution in [0.1, 0.15) is 24.1 Å². The first-order valence-electron chi connectivity index (χ1n) is 11.6. The van der Waals surface area contributed by atoms with Crippen LogP contribution < -0.4 is 9.64 Å². The number of nitrogens with zero attached hydrogens (tertiary/aromatic N) is 4. The minimum atomic E-state index is 0.0751. The molecule has 0 aliphatic carbocycles. The molecule has 7 nitrogen and oxygen atoms in total. The summed E-state index contributed by atoms with van der Waals surface area (Å²) >= 11 is 0. The minimum absolute atomic E-state index is 0.0751.